The van der Waals surface area contributed by atoms with Crippen LogP contribution in [0.3, 0.4) is 0 Å². The van der Waals surface area contributed by atoms with E-state index in [0.29, 0.717) is 53.3 Å². The maximum Gasteiger partial charge on any atom is 0.275 e. The molecule has 0 atom stereocenters. The molecule has 11 heteroatoms. The molecule has 31 heavy (non-hydrogen) atoms. The maximum atomic E-state index is 5.86. The number of methoxy groups -OCH3 is 2. The van der Waals surface area contributed by atoms with Crippen LogP contribution in [-0.2, 0) is 11.3 Å². The third-order valence-electron chi connectivity index (χ3n) is 4.32. The molecule has 0 saturated heterocycles. The lowest BCUT2D eigenvalue weighted by molar-refractivity contribution is 0.172. The predicted octanol–water partition coefficient (Wildman–Crippen LogP) is 2.49. The van der Waals surface area contributed by atoms with Gasteiger partial charge in [0.2, 0.25) is 5.82 Å². The Kier molecular flexibility index (Phi) is 6.22. The van der Waals surface area contributed by atoms with Gasteiger partial charge in [0.05, 0.1) is 25.6 Å². The summed E-state index contributed by atoms with van der Waals surface area (Å²) in [5, 5.41) is 16.7. The van der Waals surface area contributed by atoms with Crippen molar-refractivity contribution in [3.63, 3.8) is 0 Å². The van der Waals surface area contributed by atoms with Crippen molar-refractivity contribution in [1.29, 1.82) is 0 Å². The fourth-order valence-electron chi connectivity index (χ4n) is 2.79. The van der Waals surface area contributed by atoms with Crippen molar-refractivity contribution in [2.75, 3.05) is 27.4 Å². The molecule has 0 spiro atoms. The Labute approximate surface area is 177 Å². The van der Waals surface area contributed by atoms with Crippen molar-refractivity contribution >= 4 is 5.65 Å². The molecule has 4 rings (SSSR count). The number of hydrogen-bond acceptors (Lipinski definition) is 10. The first-order chi connectivity index (χ1) is 15.2. The lowest BCUT2D eigenvalue weighted by Crippen LogP contribution is -2.06. The van der Waals surface area contributed by atoms with Gasteiger partial charge >= 0.3 is 0 Å². The van der Waals surface area contributed by atoms with E-state index in [9.17, 15) is 0 Å². The number of aromatic nitrogens is 6. The largest absolute Gasteiger partial charge is 0.492 e. The van der Waals surface area contributed by atoms with Gasteiger partial charge < -0.3 is 23.5 Å². The van der Waals surface area contributed by atoms with Crippen LogP contribution in [0.4, 0.5) is 0 Å². The molecule has 0 N–H and O–H groups in total. The number of nitrogens with zero attached hydrogens (tertiary/aromatic N) is 6. The molecule has 0 bridgehead atoms. The van der Waals surface area contributed by atoms with Crippen LogP contribution in [0.5, 0.6) is 17.4 Å². The molecule has 0 amide bonds. The lowest BCUT2D eigenvalue weighted by Gasteiger charge is -2.10. The third kappa shape index (κ3) is 4.72. The molecule has 0 saturated carbocycles. The van der Waals surface area contributed by atoms with Crippen LogP contribution in [0, 0.1) is 6.92 Å². The summed E-state index contributed by atoms with van der Waals surface area (Å²) >= 11 is 0. The van der Waals surface area contributed by atoms with Crippen molar-refractivity contribution < 1.29 is 23.5 Å². The lowest BCUT2D eigenvalue weighted by atomic mass is 10.3. The van der Waals surface area contributed by atoms with Gasteiger partial charge in [0, 0.05) is 32.3 Å². The minimum absolute atomic E-state index is 0.194. The highest BCUT2D eigenvalue weighted by atomic mass is 16.5. The zero-order chi connectivity index (χ0) is 21.6. The topological polar surface area (TPSA) is 119 Å². The van der Waals surface area contributed by atoms with Gasteiger partial charge in [0.15, 0.2) is 17.1 Å². The molecule has 4 heterocycles. The van der Waals surface area contributed by atoms with Crippen LogP contribution in [0.1, 0.15) is 17.9 Å². The van der Waals surface area contributed by atoms with E-state index < -0.39 is 0 Å². The van der Waals surface area contributed by atoms with E-state index in [1.807, 2.05) is 12.1 Å². The van der Waals surface area contributed by atoms with Gasteiger partial charge in [-0.15, -0.1) is 15.3 Å². The molecule has 0 aliphatic heterocycles. The van der Waals surface area contributed by atoms with Crippen molar-refractivity contribution in [3.05, 3.63) is 41.9 Å². The first kappa shape index (κ1) is 20.5. The van der Waals surface area contributed by atoms with Gasteiger partial charge in [0.25, 0.3) is 5.88 Å². The maximum absolute atomic E-state index is 5.86. The van der Waals surface area contributed by atoms with E-state index in [1.165, 1.54) is 11.6 Å². The number of pyridine rings is 1. The van der Waals surface area contributed by atoms with Crippen LogP contribution >= 0.6 is 0 Å². The normalized spacial score (nSPS) is 11.1. The number of rotatable bonds is 10. The van der Waals surface area contributed by atoms with E-state index in [-0.39, 0.29) is 12.5 Å². The Morgan fingerprint density at radius 3 is 2.68 bits per heavy atom. The number of ether oxygens (including phenoxy) is 4. The molecule has 0 unspecified atom stereocenters. The molecule has 11 nitrogen and oxygen atoms in total. The standard InChI is InChI=1S/C20H22N6O5/c1-13-9-16(25-31-13)19-23-22-18-10-17(28-3)20(24-26(18)19)30-12-14-5-6-15(11-21-14)29-8-4-7-27-2/h5-6,9-11H,4,7-8,12H2,1-3H3. The second-order valence-electron chi connectivity index (χ2n) is 6.60. The van der Waals surface area contributed by atoms with Crippen molar-refractivity contribution in [3.8, 4) is 28.9 Å². The molecule has 0 aliphatic rings. The molecule has 0 radical (unpaired) electrons. The fourth-order valence-corrected chi connectivity index (χ4v) is 2.79. The number of fused-ring (bicyclic) bond motifs is 1. The first-order valence-electron chi connectivity index (χ1n) is 9.61. The average molecular weight is 426 g/mol. The Bertz CT molecular complexity index is 1140. The van der Waals surface area contributed by atoms with Gasteiger partial charge in [0.1, 0.15) is 18.1 Å². The van der Waals surface area contributed by atoms with E-state index in [4.69, 9.17) is 23.5 Å². The SMILES string of the molecule is COCCCOc1ccc(COc2nn3c(-c4cc(C)on4)nnc3cc2OC)nc1. The molecule has 4 aromatic rings. The van der Waals surface area contributed by atoms with Gasteiger partial charge in [-0.2, -0.15) is 4.52 Å². The first-order valence-corrected chi connectivity index (χ1v) is 9.61. The molecule has 4 aromatic heterocycles. The summed E-state index contributed by atoms with van der Waals surface area (Å²) in [6, 6.07) is 7.12. The van der Waals surface area contributed by atoms with Gasteiger partial charge in [-0.1, -0.05) is 5.16 Å². The van der Waals surface area contributed by atoms with Crippen molar-refractivity contribution in [2.24, 2.45) is 0 Å². The quantitative estimate of drug-likeness (QED) is 0.350. The average Bonchev–Trinajstić information content (AvgIpc) is 3.40. The Morgan fingerprint density at radius 1 is 1.06 bits per heavy atom. The smallest absolute Gasteiger partial charge is 0.275 e. The van der Waals surface area contributed by atoms with Crippen LogP contribution in [0.15, 0.2) is 35.0 Å². The third-order valence-corrected chi connectivity index (χ3v) is 4.32. The van der Waals surface area contributed by atoms with Crippen LogP contribution in [0.25, 0.3) is 17.2 Å². The second-order valence-corrected chi connectivity index (χ2v) is 6.60. The van der Waals surface area contributed by atoms with Crippen molar-refractivity contribution in [2.45, 2.75) is 20.0 Å². The molecule has 0 aromatic carbocycles. The number of hydrogen-bond donors (Lipinski definition) is 0. The predicted molar refractivity (Wildman–Crippen MR) is 108 cm³/mol. The van der Waals surface area contributed by atoms with Crippen LogP contribution in [-0.4, -0.2) is 57.4 Å². The monoisotopic (exact) mass is 426 g/mol. The Balaban J connectivity index is 1.48. The summed E-state index contributed by atoms with van der Waals surface area (Å²) < 4.78 is 28.5. The van der Waals surface area contributed by atoms with E-state index in [1.54, 1.807) is 32.4 Å². The highest BCUT2D eigenvalue weighted by Crippen LogP contribution is 2.28. The van der Waals surface area contributed by atoms with Gasteiger partial charge in [-0.25, -0.2) is 0 Å². The summed E-state index contributed by atoms with van der Waals surface area (Å²) in [6.45, 7) is 3.22. The van der Waals surface area contributed by atoms with E-state index in [2.05, 4.69) is 25.4 Å². The summed E-state index contributed by atoms with van der Waals surface area (Å²) in [5.41, 5.74) is 1.73. The minimum atomic E-state index is 0.194. The summed E-state index contributed by atoms with van der Waals surface area (Å²) in [7, 11) is 3.20. The minimum Gasteiger partial charge on any atom is -0.492 e. The van der Waals surface area contributed by atoms with E-state index in [0.717, 1.165) is 6.42 Å². The fraction of sp³-hybridized carbons (Fsp3) is 0.350. The number of aryl methyl sites for hydroxylation is 1. The zero-order valence-electron chi connectivity index (χ0n) is 17.4. The summed E-state index contributed by atoms with van der Waals surface area (Å²) in [6.07, 6.45) is 2.47. The molecule has 0 fully saturated rings. The molecular formula is C20H22N6O5. The van der Waals surface area contributed by atoms with Gasteiger partial charge in [-0.05, 0) is 19.1 Å². The summed E-state index contributed by atoms with van der Waals surface area (Å²) in [4.78, 5) is 4.36. The van der Waals surface area contributed by atoms with Crippen molar-refractivity contribution in [1.82, 2.24) is 30.0 Å². The Morgan fingerprint density at radius 2 is 1.97 bits per heavy atom. The highest BCUT2D eigenvalue weighted by Gasteiger charge is 2.17. The molecule has 162 valence electrons. The Hall–Kier alpha value is -3.73. The van der Waals surface area contributed by atoms with Crippen LogP contribution < -0.4 is 14.2 Å². The summed E-state index contributed by atoms with van der Waals surface area (Å²) in [5.74, 6) is 2.49. The molecular weight excluding hydrogens is 404 g/mol. The zero-order valence-corrected chi connectivity index (χ0v) is 17.4. The highest BCUT2D eigenvalue weighted by molar-refractivity contribution is 5.56. The second kappa shape index (κ2) is 9.39. The molecule has 0 aliphatic carbocycles. The van der Waals surface area contributed by atoms with Gasteiger partial charge in [-0.3, -0.25) is 4.98 Å². The van der Waals surface area contributed by atoms with E-state index >= 15 is 0 Å². The van der Waals surface area contributed by atoms with Crippen LogP contribution in [0.2, 0.25) is 0 Å².